The van der Waals surface area contributed by atoms with Crippen LogP contribution in [0.4, 0.5) is 4.79 Å². The summed E-state index contributed by atoms with van der Waals surface area (Å²) in [4.78, 5) is 51.4. The van der Waals surface area contributed by atoms with Crippen LogP contribution < -0.4 is 9.46 Å². The Balaban J connectivity index is 1.26. The fourth-order valence-corrected chi connectivity index (χ4v) is 9.70. The predicted octanol–water partition coefficient (Wildman–Crippen LogP) is 5.52. The van der Waals surface area contributed by atoms with E-state index in [1.807, 2.05) is 6.07 Å². The Labute approximate surface area is 295 Å². The minimum Gasteiger partial charge on any atom is -0.472 e. The molecule has 1 N–H and O–H groups in total. The van der Waals surface area contributed by atoms with Crippen LogP contribution in [-0.2, 0) is 30.8 Å². The summed E-state index contributed by atoms with van der Waals surface area (Å²) >= 11 is 0. The maximum atomic E-state index is 14.9. The molecular weight excluding hydrogens is 657 g/mol. The molecule has 3 amide bonds. The van der Waals surface area contributed by atoms with Crippen LogP contribution in [0.3, 0.4) is 0 Å². The smallest absolute Gasteiger partial charge is 0.411 e. The van der Waals surface area contributed by atoms with Gasteiger partial charge in [-0.3, -0.25) is 19.2 Å². The van der Waals surface area contributed by atoms with Crippen molar-refractivity contribution in [3.63, 3.8) is 0 Å². The molecule has 50 heavy (non-hydrogen) atoms. The molecule has 3 aliphatic carbocycles. The highest BCUT2D eigenvalue weighted by Crippen LogP contribution is 2.53. The lowest BCUT2D eigenvalue weighted by Gasteiger charge is -2.41. The minimum atomic E-state index is -3.93. The molecule has 7 rings (SSSR count). The number of aryl methyl sites for hydroxylation is 1. The Hall–Kier alpha value is -3.67. The van der Waals surface area contributed by atoms with Crippen LogP contribution >= 0.6 is 0 Å². The van der Waals surface area contributed by atoms with Crippen molar-refractivity contribution in [3.8, 4) is 5.88 Å². The Morgan fingerprint density at radius 3 is 2.56 bits per heavy atom. The molecule has 2 aliphatic heterocycles. The molecule has 0 radical (unpaired) electrons. The first-order chi connectivity index (χ1) is 23.9. The third-order valence-electron chi connectivity index (χ3n) is 11.5. The number of sulfonamides is 1. The van der Waals surface area contributed by atoms with E-state index in [1.165, 1.54) is 10.5 Å². The van der Waals surface area contributed by atoms with Crippen molar-refractivity contribution in [2.24, 2.45) is 17.3 Å². The van der Waals surface area contributed by atoms with Gasteiger partial charge in [-0.25, -0.2) is 18.2 Å². The van der Waals surface area contributed by atoms with Gasteiger partial charge in [0.15, 0.2) is 0 Å². The monoisotopic (exact) mass is 706 g/mol. The zero-order valence-electron chi connectivity index (χ0n) is 29.3. The maximum Gasteiger partial charge on any atom is 0.411 e. The highest BCUT2D eigenvalue weighted by Gasteiger charge is 2.68. The van der Waals surface area contributed by atoms with E-state index in [0.29, 0.717) is 51.1 Å². The van der Waals surface area contributed by atoms with Crippen molar-refractivity contribution in [1.82, 2.24) is 19.5 Å². The second-order valence-electron chi connectivity index (χ2n) is 15.9. The number of hydrogen-bond acceptors (Lipinski definition) is 8. The number of nitrogens with zero attached hydrogens (tertiary/aromatic N) is 3. The molecule has 0 spiro atoms. The lowest BCUT2D eigenvalue weighted by atomic mass is 9.87. The summed E-state index contributed by atoms with van der Waals surface area (Å²) in [5.41, 5.74) is -0.782. The zero-order valence-corrected chi connectivity index (χ0v) is 30.1. The summed E-state index contributed by atoms with van der Waals surface area (Å²) in [6.45, 7) is 8.85. The summed E-state index contributed by atoms with van der Waals surface area (Å²) in [5, 5.41) is 1.36. The van der Waals surface area contributed by atoms with E-state index in [2.05, 4.69) is 48.3 Å². The molecule has 1 aromatic heterocycles. The molecule has 2 aromatic rings. The summed E-state index contributed by atoms with van der Waals surface area (Å²) in [6, 6.07) is 7.37. The van der Waals surface area contributed by atoms with Crippen molar-refractivity contribution in [2.45, 2.75) is 114 Å². The van der Waals surface area contributed by atoms with E-state index in [9.17, 15) is 22.8 Å². The van der Waals surface area contributed by atoms with Crippen LogP contribution in [0.15, 0.2) is 43.1 Å². The Morgan fingerprint density at radius 2 is 1.84 bits per heavy atom. The second-order valence-corrected chi connectivity index (χ2v) is 17.9. The fourth-order valence-electron chi connectivity index (χ4n) is 8.34. The lowest BCUT2D eigenvalue weighted by Crippen LogP contribution is -2.63. The van der Waals surface area contributed by atoms with Gasteiger partial charge in [-0.05, 0) is 85.8 Å². The van der Waals surface area contributed by atoms with E-state index in [1.54, 1.807) is 17.2 Å². The third-order valence-corrected chi connectivity index (χ3v) is 13.4. The summed E-state index contributed by atoms with van der Waals surface area (Å²) in [7, 11) is -3.93. The average Bonchev–Trinajstić information content (AvgIpc) is 3.97. The number of hydrogen-bond donors (Lipinski definition) is 1. The van der Waals surface area contributed by atoms with Crippen LogP contribution in [0.5, 0.6) is 5.88 Å². The zero-order chi connectivity index (χ0) is 35.3. The number of cyclic esters (lactones) is 1. The molecule has 11 nitrogen and oxygen atoms in total. The van der Waals surface area contributed by atoms with Crippen molar-refractivity contribution < 1.29 is 32.3 Å². The average molecular weight is 707 g/mol. The van der Waals surface area contributed by atoms with Crippen LogP contribution in [0.1, 0.15) is 90.0 Å². The number of pyridine rings is 1. The molecule has 4 atom stereocenters. The standard InChI is InChI=1S/C38H50N4O7S/c1-4-28-22-38(28,35(44)40-50(46,47)30-14-15-30)42-32(27-10-5-6-11-27)34(43)41-20-17-29(23-41)49-33-31-21-25(12-13-26(31)16-19-39-33)9-7-8-18-37(2,3)24-48-36(42)45/h4,12-13,16,19,21,27-30,32H,1,5-11,14-15,17-18,20,22-24H2,2-3H3,(H,40,44)/t28-,29?,32?,38-/m1/s1. The topological polar surface area (TPSA) is 135 Å². The van der Waals surface area contributed by atoms with Gasteiger partial charge in [0.05, 0.1) is 18.4 Å². The molecule has 3 heterocycles. The number of fused-ring (bicyclic) bond motifs is 3. The van der Waals surface area contributed by atoms with Crippen LogP contribution in [0, 0.1) is 17.3 Å². The molecule has 1 saturated heterocycles. The number of aromatic nitrogens is 1. The number of ether oxygens (including phenoxy) is 2. The largest absolute Gasteiger partial charge is 0.472 e. The van der Waals surface area contributed by atoms with Crippen molar-refractivity contribution in [3.05, 3.63) is 48.7 Å². The first-order valence-electron chi connectivity index (χ1n) is 18.4. The van der Waals surface area contributed by atoms with Gasteiger partial charge in [-0.2, -0.15) is 0 Å². The predicted molar refractivity (Wildman–Crippen MR) is 189 cm³/mol. The summed E-state index contributed by atoms with van der Waals surface area (Å²) in [5.74, 6) is -1.27. The highest BCUT2D eigenvalue weighted by molar-refractivity contribution is 7.91. The van der Waals surface area contributed by atoms with E-state index < -0.39 is 44.8 Å². The van der Waals surface area contributed by atoms with Gasteiger partial charge in [0.25, 0.3) is 5.91 Å². The molecule has 4 bridgehead atoms. The Bertz CT molecular complexity index is 1770. The highest BCUT2D eigenvalue weighted by atomic mass is 32.2. The molecule has 12 heteroatoms. The Morgan fingerprint density at radius 1 is 1.06 bits per heavy atom. The van der Waals surface area contributed by atoms with E-state index >= 15 is 0 Å². The fraction of sp³-hybridized carbons (Fsp3) is 0.632. The van der Waals surface area contributed by atoms with E-state index in [4.69, 9.17) is 9.47 Å². The first-order valence-corrected chi connectivity index (χ1v) is 19.9. The molecule has 270 valence electrons. The van der Waals surface area contributed by atoms with Crippen LogP contribution in [-0.4, -0.2) is 83.7 Å². The lowest BCUT2D eigenvalue weighted by molar-refractivity contribution is -0.142. The molecule has 4 fully saturated rings. The molecule has 1 aromatic carbocycles. The first kappa shape index (κ1) is 34.8. The van der Waals surface area contributed by atoms with Gasteiger partial charge in [-0.15, -0.1) is 6.58 Å². The van der Waals surface area contributed by atoms with Crippen molar-refractivity contribution in [1.29, 1.82) is 0 Å². The quantitative estimate of drug-likeness (QED) is 0.389. The van der Waals surface area contributed by atoms with Crippen molar-refractivity contribution >= 4 is 38.7 Å². The van der Waals surface area contributed by atoms with E-state index in [0.717, 1.165) is 49.3 Å². The van der Waals surface area contributed by atoms with Gasteiger partial charge in [0.1, 0.15) is 17.7 Å². The number of carbonyl (C=O) groups excluding carboxylic acids is 3. The maximum absolute atomic E-state index is 14.9. The van der Waals surface area contributed by atoms with Crippen molar-refractivity contribution in [2.75, 3.05) is 19.7 Å². The number of carbonyl (C=O) groups is 3. The van der Waals surface area contributed by atoms with Crippen LogP contribution in [0.25, 0.3) is 10.8 Å². The summed E-state index contributed by atoms with van der Waals surface area (Å²) < 4.78 is 41.1. The normalized spacial score (nSPS) is 29.5. The van der Waals surface area contributed by atoms with Crippen LogP contribution in [0.2, 0.25) is 0 Å². The van der Waals surface area contributed by atoms with Gasteiger partial charge in [0, 0.05) is 30.5 Å². The second kappa shape index (κ2) is 13.5. The van der Waals surface area contributed by atoms with Gasteiger partial charge >= 0.3 is 6.09 Å². The van der Waals surface area contributed by atoms with Gasteiger partial charge < -0.3 is 14.4 Å². The third kappa shape index (κ3) is 6.84. The number of benzene rings is 1. The van der Waals surface area contributed by atoms with Gasteiger partial charge in [0.2, 0.25) is 21.8 Å². The van der Waals surface area contributed by atoms with Gasteiger partial charge in [-0.1, -0.05) is 51.3 Å². The Kier molecular flexibility index (Phi) is 9.36. The SMILES string of the molecule is C=C[C@@H]1C[C@@]1(C(=O)NS(=O)(=O)C1CC1)N1C(=O)OCC(C)(C)CCCCc2ccc3ccnc(c3c2)OC2CCN(C2)C(=O)C1C1CCCC1. The minimum absolute atomic E-state index is 0.0926. The summed E-state index contributed by atoms with van der Waals surface area (Å²) in [6.07, 6.45) is 10.7. The molecule has 2 unspecified atom stereocenters. The number of rotatable bonds is 6. The number of amides is 3. The molecule has 5 aliphatic rings. The van der Waals surface area contributed by atoms with E-state index in [-0.39, 0.29) is 36.4 Å². The number of nitrogens with one attached hydrogen (secondary N) is 1. The molecular formula is C38H50N4O7S. The molecule has 3 saturated carbocycles.